The molecule has 3 aliphatic rings. The number of carbonyl (C=O) groups is 2. The minimum Gasteiger partial charge on any atom is -0.448 e. The van der Waals surface area contributed by atoms with E-state index in [1.54, 1.807) is 0 Å². The highest BCUT2D eigenvalue weighted by Crippen LogP contribution is 2.44. The number of ketones is 1. The number of nitrogens with zero attached hydrogens (tertiary/aromatic N) is 1. The summed E-state index contributed by atoms with van der Waals surface area (Å²) in [6, 6.07) is 15.7. The van der Waals surface area contributed by atoms with E-state index in [0.717, 1.165) is 11.1 Å². The summed E-state index contributed by atoms with van der Waals surface area (Å²) < 4.78 is 11.1. The van der Waals surface area contributed by atoms with E-state index in [1.165, 1.54) is 16.0 Å². The molecule has 1 aliphatic carbocycles. The minimum absolute atomic E-state index is 0.00566. The fourth-order valence-electron chi connectivity index (χ4n) is 4.46. The smallest absolute Gasteiger partial charge is 0.410 e. The molecule has 0 bridgehead atoms. The van der Waals surface area contributed by atoms with Crippen LogP contribution >= 0.6 is 11.6 Å². The molecule has 2 saturated heterocycles. The molecule has 0 radical (unpaired) electrons. The van der Waals surface area contributed by atoms with Crippen LogP contribution in [-0.2, 0) is 14.3 Å². The van der Waals surface area contributed by atoms with Crippen LogP contribution < -0.4 is 0 Å². The summed E-state index contributed by atoms with van der Waals surface area (Å²) in [5.41, 5.74) is 4.66. The van der Waals surface area contributed by atoms with E-state index >= 15 is 0 Å². The van der Waals surface area contributed by atoms with Crippen LogP contribution in [0.5, 0.6) is 0 Å². The normalized spacial score (nSPS) is 26.0. The summed E-state index contributed by atoms with van der Waals surface area (Å²) in [4.78, 5) is 26.2. The largest absolute Gasteiger partial charge is 0.448 e. The van der Waals surface area contributed by atoms with Gasteiger partial charge in [-0.1, -0.05) is 48.5 Å². The first-order chi connectivity index (χ1) is 13.1. The van der Waals surface area contributed by atoms with Crippen molar-refractivity contribution < 1.29 is 19.1 Å². The Hall–Kier alpha value is -2.37. The summed E-state index contributed by atoms with van der Waals surface area (Å²) in [6.07, 6.45) is -0.937. The number of Topliss-reactive ketones (excluding diaryl/α,β-unsaturated/α-hetero) is 1. The van der Waals surface area contributed by atoms with Gasteiger partial charge >= 0.3 is 6.09 Å². The molecule has 2 aliphatic heterocycles. The maximum atomic E-state index is 12.7. The predicted molar refractivity (Wildman–Crippen MR) is 100.0 cm³/mol. The van der Waals surface area contributed by atoms with Gasteiger partial charge in [0.2, 0.25) is 0 Å². The van der Waals surface area contributed by atoms with Gasteiger partial charge in [-0.3, -0.25) is 9.69 Å². The Morgan fingerprint density at radius 3 is 2.41 bits per heavy atom. The van der Waals surface area contributed by atoms with Crippen molar-refractivity contribution in [1.29, 1.82) is 0 Å². The van der Waals surface area contributed by atoms with Crippen LogP contribution in [0.1, 0.15) is 17.0 Å². The van der Waals surface area contributed by atoms with Crippen LogP contribution in [0.25, 0.3) is 11.1 Å². The molecule has 1 amide bonds. The van der Waals surface area contributed by atoms with Crippen molar-refractivity contribution in [2.45, 2.75) is 23.4 Å². The number of benzene rings is 2. The Labute approximate surface area is 161 Å². The van der Waals surface area contributed by atoms with Crippen LogP contribution in [0.2, 0.25) is 0 Å². The van der Waals surface area contributed by atoms with Crippen molar-refractivity contribution >= 4 is 23.5 Å². The van der Waals surface area contributed by atoms with E-state index in [2.05, 4.69) is 24.3 Å². The molecule has 3 atom stereocenters. The zero-order chi connectivity index (χ0) is 18.5. The highest BCUT2D eigenvalue weighted by Gasteiger charge is 2.52. The third kappa shape index (κ3) is 2.57. The number of alkyl halides is 1. The second kappa shape index (κ2) is 6.36. The summed E-state index contributed by atoms with van der Waals surface area (Å²) in [6.45, 7) is 0.494. The third-order valence-electron chi connectivity index (χ3n) is 5.69. The number of amides is 1. The Kier molecular flexibility index (Phi) is 3.95. The van der Waals surface area contributed by atoms with E-state index in [1.807, 2.05) is 24.3 Å². The molecule has 2 fully saturated rings. The summed E-state index contributed by atoms with van der Waals surface area (Å²) >= 11 is 6.25. The number of rotatable bonds is 2. The average Bonchev–Trinajstić information content (AvgIpc) is 3.33. The Morgan fingerprint density at radius 2 is 1.74 bits per heavy atom. The van der Waals surface area contributed by atoms with Crippen LogP contribution in [0, 0.1) is 0 Å². The van der Waals surface area contributed by atoms with Crippen molar-refractivity contribution in [3.05, 3.63) is 59.7 Å². The minimum atomic E-state index is -0.622. The van der Waals surface area contributed by atoms with Crippen LogP contribution in [0.3, 0.4) is 0 Å². The lowest BCUT2D eigenvalue weighted by Gasteiger charge is -2.22. The number of hydrogen-bond acceptors (Lipinski definition) is 4. The van der Waals surface area contributed by atoms with Crippen LogP contribution in [0.15, 0.2) is 48.5 Å². The summed E-state index contributed by atoms with van der Waals surface area (Å²) in [5, 5.41) is -0.387. The fourth-order valence-corrected chi connectivity index (χ4v) is 4.82. The molecular weight excluding hydrogens is 366 g/mol. The average molecular weight is 384 g/mol. The van der Waals surface area contributed by atoms with Crippen molar-refractivity contribution in [3.8, 4) is 11.1 Å². The lowest BCUT2D eigenvalue weighted by atomic mass is 9.98. The lowest BCUT2D eigenvalue weighted by Crippen LogP contribution is -2.42. The predicted octanol–water partition coefficient (Wildman–Crippen LogP) is 3.20. The number of halogens is 1. The second-order valence-electron chi connectivity index (χ2n) is 7.16. The Bertz CT molecular complexity index is 884. The first-order valence-corrected chi connectivity index (χ1v) is 9.49. The molecule has 0 spiro atoms. The van der Waals surface area contributed by atoms with Gasteiger partial charge in [-0.25, -0.2) is 4.79 Å². The molecule has 2 aromatic rings. The van der Waals surface area contributed by atoms with Gasteiger partial charge < -0.3 is 9.47 Å². The number of hydrogen-bond donors (Lipinski definition) is 0. The molecule has 0 saturated carbocycles. The molecular formula is C21H18ClNO4. The van der Waals surface area contributed by atoms with Crippen molar-refractivity contribution in [2.75, 3.05) is 19.8 Å². The first kappa shape index (κ1) is 16.8. The van der Waals surface area contributed by atoms with E-state index in [-0.39, 0.29) is 36.8 Å². The van der Waals surface area contributed by atoms with Crippen LogP contribution in [0.4, 0.5) is 4.79 Å². The van der Waals surface area contributed by atoms with Gasteiger partial charge in [-0.15, -0.1) is 11.6 Å². The number of carbonyl (C=O) groups excluding carboxylic acids is 2. The van der Waals surface area contributed by atoms with Gasteiger partial charge in [0, 0.05) is 12.5 Å². The quantitative estimate of drug-likeness (QED) is 0.747. The van der Waals surface area contributed by atoms with E-state index in [4.69, 9.17) is 21.1 Å². The summed E-state index contributed by atoms with van der Waals surface area (Å²) in [7, 11) is 0. The maximum absolute atomic E-state index is 12.7. The number of likely N-dealkylation sites (tertiary alicyclic amines) is 1. The second-order valence-corrected chi connectivity index (χ2v) is 7.72. The molecule has 0 aromatic heterocycles. The van der Waals surface area contributed by atoms with Gasteiger partial charge in [0.05, 0.1) is 5.38 Å². The molecule has 6 heteroatoms. The molecule has 2 aromatic carbocycles. The SMILES string of the molecule is O=C1CO[C@H]2[C@@H]1N(C(=O)OCC1c3ccccc3-c3ccccc31)C[C@@H]2Cl. The molecule has 5 rings (SSSR count). The van der Waals surface area contributed by atoms with Crippen LogP contribution in [-0.4, -0.2) is 54.1 Å². The Balaban J connectivity index is 1.36. The third-order valence-corrected chi connectivity index (χ3v) is 6.08. The van der Waals surface area contributed by atoms with Gasteiger partial charge in [-0.2, -0.15) is 0 Å². The van der Waals surface area contributed by atoms with Gasteiger partial charge in [0.25, 0.3) is 0 Å². The number of ether oxygens (including phenoxy) is 2. The van der Waals surface area contributed by atoms with E-state index in [9.17, 15) is 9.59 Å². The fraction of sp³-hybridized carbons (Fsp3) is 0.333. The highest BCUT2D eigenvalue weighted by molar-refractivity contribution is 6.22. The van der Waals surface area contributed by atoms with Gasteiger partial charge in [0.1, 0.15) is 25.4 Å². The first-order valence-electron chi connectivity index (χ1n) is 9.05. The molecule has 138 valence electrons. The Morgan fingerprint density at radius 1 is 1.11 bits per heavy atom. The zero-order valence-electron chi connectivity index (χ0n) is 14.5. The highest BCUT2D eigenvalue weighted by atomic mass is 35.5. The summed E-state index contributed by atoms with van der Waals surface area (Å²) in [5.74, 6) is -0.126. The monoisotopic (exact) mass is 383 g/mol. The van der Waals surface area contributed by atoms with Gasteiger partial charge in [0.15, 0.2) is 5.78 Å². The topological polar surface area (TPSA) is 55.8 Å². The van der Waals surface area contributed by atoms with Crippen molar-refractivity contribution in [2.24, 2.45) is 0 Å². The van der Waals surface area contributed by atoms with E-state index < -0.39 is 18.2 Å². The van der Waals surface area contributed by atoms with Crippen molar-refractivity contribution in [3.63, 3.8) is 0 Å². The molecule has 0 N–H and O–H groups in total. The van der Waals surface area contributed by atoms with E-state index in [0.29, 0.717) is 0 Å². The molecule has 2 heterocycles. The standard InChI is InChI=1S/C21H18ClNO4/c22-17-9-23(19-18(24)11-26-20(17)19)21(25)27-10-16-14-7-3-1-5-12(14)13-6-2-4-8-15(13)16/h1-8,16-17,19-20H,9-11H2/t17-,19+,20+/m0/s1. The maximum Gasteiger partial charge on any atom is 0.410 e. The van der Waals surface area contributed by atoms with Gasteiger partial charge in [-0.05, 0) is 22.3 Å². The molecule has 0 unspecified atom stereocenters. The zero-order valence-corrected chi connectivity index (χ0v) is 15.3. The van der Waals surface area contributed by atoms with Crippen molar-refractivity contribution in [1.82, 2.24) is 4.90 Å². The molecule has 5 nitrogen and oxygen atoms in total. The molecule has 27 heavy (non-hydrogen) atoms. The number of fused-ring (bicyclic) bond motifs is 4. The lowest BCUT2D eigenvalue weighted by molar-refractivity contribution is -0.121.